The first kappa shape index (κ1) is 26.3. The number of sulfonamides is 1. The van der Waals surface area contributed by atoms with Crippen LogP contribution in [0.5, 0.6) is 0 Å². The maximum atomic E-state index is 12.8. The van der Waals surface area contributed by atoms with Crippen molar-refractivity contribution in [3.05, 3.63) is 29.8 Å². The largest absolute Gasteiger partial charge is 0.334 e. The highest BCUT2D eigenvalue weighted by molar-refractivity contribution is 7.90. The van der Waals surface area contributed by atoms with Crippen LogP contribution in [0.1, 0.15) is 84.5 Å². The highest BCUT2D eigenvalue weighted by Gasteiger charge is 2.34. The molecule has 1 fully saturated rings. The van der Waals surface area contributed by atoms with Crippen LogP contribution < -0.4 is 10.0 Å². The smallest absolute Gasteiger partial charge is 0.254 e. The Balaban J connectivity index is 1.92. The third-order valence-corrected chi connectivity index (χ3v) is 8.23. The molecule has 7 nitrogen and oxygen atoms in total. The summed E-state index contributed by atoms with van der Waals surface area (Å²) in [6.07, 6.45) is 2.55. The lowest BCUT2D eigenvalue weighted by atomic mass is 9.86. The molecule has 0 aliphatic heterocycles. The summed E-state index contributed by atoms with van der Waals surface area (Å²) in [5.41, 5.74) is 1.25. The molecule has 1 aliphatic carbocycles. The molecule has 0 spiro atoms. The fourth-order valence-electron chi connectivity index (χ4n) is 4.02. The number of nitrogens with one attached hydrogen (secondary N) is 2. The van der Waals surface area contributed by atoms with Crippen molar-refractivity contribution in [3.8, 4) is 0 Å². The van der Waals surface area contributed by atoms with E-state index in [1.807, 2.05) is 32.6 Å². The highest BCUT2D eigenvalue weighted by Crippen LogP contribution is 2.27. The number of hydrogen-bond acceptors (Lipinski definition) is 4. The van der Waals surface area contributed by atoms with Crippen LogP contribution in [0.25, 0.3) is 0 Å². The summed E-state index contributed by atoms with van der Waals surface area (Å²) in [7, 11) is -3.39. The van der Waals surface area contributed by atoms with Crippen molar-refractivity contribution < 1.29 is 18.0 Å². The summed E-state index contributed by atoms with van der Waals surface area (Å²) < 4.78 is 26.6. The number of anilines is 1. The molecule has 180 valence electrons. The summed E-state index contributed by atoms with van der Waals surface area (Å²) in [6.45, 7) is 13.0. The zero-order valence-corrected chi connectivity index (χ0v) is 21.3. The molecule has 2 N–H and O–H groups in total. The van der Waals surface area contributed by atoms with E-state index in [0.717, 1.165) is 0 Å². The molecule has 0 aromatic heterocycles. The lowest BCUT2D eigenvalue weighted by molar-refractivity contribution is -0.120. The average Bonchev–Trinajstić information content (AvgIpc) is 2.67. The molecular formula is C24H39N3O4S. The van der Waals surface area contributed by atoms with Gasteiger partial charge in [0.25, 0.3) is 5.91 Å². The van der Waals surface area contributed by atoms with E-state index in [4.69, 9.17) is 0 Å². The topological polar surface area (TPSA) is 95.6 Å². The molecule has 1 saturated carbocycles. The minimum Gasteiger partial charge on any atom is -0.334 e. The van der Waals surface area contributed by atoms with Gasteiger partial charge in [0.2, 0.25) is 15.9 Å². The van der Waals surface area contributed by atoms with E-state index in [0.29, 0.717) is 36.9 Å². The van der Waals surface area contributed by atoms with Gasteiger partial charge in [-0.25, -0.2) is 13.1 Å². The van der Waals surface area contributed by atoms with Crippen LogP contribution in [0.2, 0.25) is 0 Å². The first-order valence-electron chi connectivity index (χ1n) is 11.5. The first-order valence-corrected chi connectivity index (χ1v) is 13.0. The van der Waals surface area contributed by atoms with Gasteiger partial charge in [0.15, 0.2) is 0 Å². The summed E-state index contributed by atoms with van der Waals surface area (Å²) in [4.78, 5) is 27.3. The van der Waals surface area contributed by atoms with Gasteiger partial charge in [-0.2, -0.15) is 0 Å². The molecular weight excluding hydrogens is 426 g/mol. The number of nitrogens with zero attached hydrogens (tertiary/aromatic N) is 1. The van der Waals surface area contributed by atoms with Crippen molar-refractivity contribution in [2.75, 3.05) is 5.32 Å². The highest BCUT2D eigenvalue weighted by atomic mass is 32.2. The second-order valence-corrected chi connectivity index (χ2v) is 12.7. The molecule has 0 heterocycles. The van der Waals surface area contributed by atoms with E-state index in [1.54, 1.807) is 45.0 Å². The Morgan fingerprint density at radius 2 is 1.44 bits per heavy atom. The second kappa shape index (κ2) is 10.3. The number of carbonyl (C=O) groups excluding carboxylic acids is 2. The predicted molar refractivity (Wildman–Crippen MR) is 129 cm³/mol. The van der Waals surface area contributed by atoms with Gasteiger partial charge in [-0.1, -0.05) is 0 Å². The van der Waals surface area contributed by atoms with Crippen LogP contribution in [0.4, 0.5) is 5.69 Å². The van der Waals surface area contributed by atoms with Crippen molar-refractivity contribution in [2.24, 2.45) is 5.92 Å². The molecule has 32 heavy (non-hydrogen) atoms. The Bertz CT molecular complexity index is 886. The Morgan fingerprint density at radius 1 is 0.938 bits per heavy atom. The van der Waals surface area contributed by atoms with E-state index < -0.39 is 14.8 Å². The molecule has 1 aromatic carbocycles. The number of hydrogen-bond donors (Lipinski definition) is 2. The zero-order valence-electron chi connectivity index (χ0n) is 20.4. The number of benzene rings is 1. The van der Waals surface area contributed by atoms with Crippen LogP contribution in [-0.2, 0) is 14.8 Å². The average molecular weight is 466 g/mol. The molecule has 2 amide bonds. The van der Waals surface area contributed by atoms with Gasteiger partial charge in [-0.3, -0.25) is 9.59 Å². The van der Waals surface area contributed by atoms with Crippen molar-refractivity contribution in [3.63, 3.8) is 0 Å². The normalized spacial score (nSPS) is 19.8. The molecule has 0 atom stereocenters. The summed E-state index contributed by atoms with van der Waals surface area (Å²) in [6, 6.07) is 7.08. The second-order valence-electron chi connectivity index (χ2n) is 10.2. The minimum absolute atomic E-state index is 0.0242. The van der Waals surface area contributed by atoms with Crippen LogP contribution in [0, 0.1) is 5.92 Å². The fourth-order valence-corrected chi connectivity index (χ4v) is 5.05. The number of amides is 2. The zero-order chi connectivity index (χ0) is 24.3. The Hall–Kier alpha value is -1.93. The molecule has 1 aromatic rings. The SMILES string of the molecule is CC(C)N(C(=O)c1ccc(NC(=O)[C@H]2CC[C@H](NS(=O)(=O)C(C)(C)C)CC2)cc1)C(C)C. The summed E-state index contributed by atoms with van der Waals surface area (Å²) in [5.74, 6) is -0.236. The van der Waals surface area contributed by atoms with Crippen molar-refractivity contribution >= 4 is 27.5 Å². The molecule has 2 rings (SSSR count). The summed E-state index contributed by atoms with van der Waals surface area (Å²) in [5, 5.41) is 2.94. The third-order valence-electron chi connectivity index (χ3n) is 5.97. The van der Waals surface area contributed by atoms with E-state index in [-0.39, 0.29) is 35.9 Å². The van der Waals surface area contributed by atoms with Gasteiger partial charge >= 0.3 is 0 Å². The van der Waals surface area contributed by atoms with Crippen LogP contribution in [0.15, 0.2) is 24.3 Å². The van der Waals surface area contributed by atoms with E-state index in [9.17, 15) is 18.0 Å². The lowest BCUT2D eigenvalue weighted by Crippen LogP contribution is -2.46. The van der Waals surface area contributed by atoms with Gasteiger partial charge in [-0.15, -0.1) is 0 Å². The van der Waals surface area contributed by atoms with Gasteiger partial charge in [0, 0.05) is 35.3 Å². The van der Waals surface area contributed by atoms with Gasteiger partial charge < -0.3 is 10.2 Å². The first-order chi connectivity index (χ1) is 14.7. The Kier molecular flexibility index (Phi) is 8.50. The molecule has 0 saturated heterocycles. The number of rotatable bonds is 7. The van der Waals surface area contributed by atoms with E-state index in [1.165, 1.54) is 0 Å². The lowest BCUT2D eigenvalue weighted by Gasteiger charge is -2.31. The maximum absolute atomic E-state index is 12.8. The monoisotopic (exact) mass is 465 g/mol. The van der Waals surface area contributed by atoms with E-state index in [2.05, 4.69) is 10.0 Å². The molecule has 8 heteroatoms. The standard InChI is InChI=1S/C24H39N3O4S/c1-16(2)27(17(3)4)23(29)19-10-12-20(13-11-19)25-22(28)18-8-14-21(15-9-18)26-32(30,31)24(5,6)7/h10-13,16-18,21,26H,8-9,14-15H2,1-7H3,(H,25,28)/t18-,21-. The minimum atomic E-state index is -3.39. The van der Waals surface area contributed by atoms with E-state index >= 15 is 0 Å². The van der Waals surface area contributed by atoms with Crippen LogP contribution in [0.3, 0.4) is 0 Å². The number of carbonyl (C=O) groups is 2. The predicted octanol–water partition coefficient (Wildman–Crippen LogP) is 4.16. The fraction of sp³-hybridized carbons (Fsp3) is 0.667. The molecule has 1 aliphatic rings. The van der Waals surface area contributed by atoms with Gasteiger partial charge in [-0.05, 0) is 98.4 Å². The molecule has 0 unspecified atom stereocenters. The Labute approximate surface area is 193 Å². The van der Waals surface area contributed by atoms with Crippen molar-refractivity contribution in [1.29, 1.82) is 0 Å². The van der Waals surface area contributed by atoms with Gasteiger partial charge in [0.1, 0.15) is 0 Å². The van der Waals surface area contributed by atoms with Crippen LogP contribution >= 0.6 is 0 Å². The Morgan fingerprint density at radius 3 is 1.88 bits per heavy atom. The summed E-state index contributed by atoms with van der Waals surface area (Å²) >= 11 is 0. The van der Waals surface area contributed by atoms with Crippen molar-refractivity contribution in [1.82, 2.24) is 9.62 Å². The quantitative estimate of drug-likeness (QED) is 0.632. The molecule has 0 radical (unpaired) electrons. The van der Waals surface area contributed by atoms with Crippen LogP contribution in [-0.4, -0.2) is 48.0 Å². The van der Waals surface area contributed by atoms with Crippen molar-refractivity contribution in [2.45, 2.75) is 97.0 Å². The maximum Gasteiger partial charge on any atom is 0.254 e. The third kappa shape index (κ3) is 6.54. The molecule has 0 bridgehead atoms. The van der Waals surface area contributed by atoms with Gasteiger partial charge in [0.05, 0.1) is 4.75 Å².